The summed E-state index contributed by atoms with van der Waals surface area (Å²) in [5, 5.41) is 3.98. The Labute approximate surface area is 217 Å². The van der Waals surface area contributed by atoms with Crippen molar-refractivity contribution in [2.24, 2.45) is 0 Å². The van der Waals surface area contributed by atoms with E-state index >= 15 is 0 Å². The number of carbonyl (C=O) groups is 2. The number of carbonyl (C=O) groups excluding carboxylic acids is 2. The van der Waals surface area contributed by atoms with E-state index in [1.54, 1.807) is 30.7 Å². The fraction of sp³-hybridized carbons (Fsp3) is 0.429. The Morgan fingerprint density at radius 2 is 1.84 bits per heavy atom. The van der Waals surface area contributed by atoms with Crippen molar-refractivity contribution in [3.8, 4) is 11.3 Å². The summed E-state index contributed by atoms with van der Waals surface area (Å²) >= 11 is 0. The number of nitrogens with one attached hydrogen (secondary N) is 1. The first-order chi connectivity index (χ1) is 17.8. The van der Waals surface area contributed by atoms with Gasteiger partial charge in [-0.3, -0.25) is 9.59 Å². The minimum absolute atomic E-state index is 0.0894. The predicted octanol–water partition coefficient (Wildman–Crippen LogP) is 4.47. The average Bonchev–Trinajstić information content (AvgIpc) is 3.52. The Morgan fingerprint density at radius 3 is 2.59 bits per heavy atom. The quantitative estimate of drug-likeness (QED) is 0.500. The van der Waals surface area contributed by atoms with E-state index in [4.69, 9.17) is 4.42 Å². The highest BCUT2D eigenvalue weighted by Gasteiger charge is 2.29. The van der Waals surface area contributed by atoms with Gasteiger partial charge in [-0.05, 0) is 42.9 Å². The third kappa shape index (κ3) is 5.29. The van der Waals surface area contributed by atoms with Gasteiger partial charge in [0.05, 0.1) is 18.2 Å². The minimum atomic E-state index is -3.77. The van der Waals surface area contributed by atoms with E-state index in [1.165, 1.54) is 23.3 Å². The predicted molar refractivity (Wildman–Crippen MR) is 143 cm³/mol. The molecule has 0 radical (unpaired) electrons. The zero-order valence-electron chi connectivity index (χ0n) is 21.1. The largest absolute Gasteiger partial charge is 0.472 e. The van der Waals surface area contributed by atoms with Crippen LogP contribution in [-0.2, 0) is 21.4 Å². The molecule has 2 aromatic heterocycles. The van der Waals surface area contributed by atoms with Crippen molar-refractivity contribution >= 4 is 32.6 Å². The third-order valence-electron chi connectivity index (χ3n) is 7.49. The summed E-state index contributed by atoms with van der Waals surface area (Å²) in [5.41, 5.74) is 4.08. The molecule has 0 spiro atoms. The normalized spacial score (nSPS) is 21.3. The van der Waals surface area contributed by atoms with Crippen molar-refractivity contribution in [2.45, 2.75) is 51.0 Å². The van der Waals surface area contributed by atoms with E-state index in [-0.39, 0.29) is 19.0 Å². The highest BCUT2D eigenvalue weighted by atomic mass is 32.2. The molecule has 3 aromatic rings. The summed E-state index contributed by atoms with van der Waals surface area (Å²) in [6.45, 7) is 0.710. The molecular weight excluding hydrogens is 490 g/mol. The molecule has 1 N–H and O–H groups in total. The second-order valence-corrected chi connectivity index (χ2v) is 12.1. The van der Waals surface area contributed by atoms with Crippen molar-refractivity contribution in [2.75, 3.05) is 25.9 Å². The maximum absolute atomic E-state index is 13.2. The molecule has 1 saturated carbocycles. The second-order valence-electron chi connectivity index (χ2n) is 10.00. The number of ketones is 1. The minimum Gasteiger partial charge on any atom is -0.472 e. The highest BCUT2D eigenvalue weighted by Crippen LogP contribution is 2.44. The number of fused-ring (bicyclic) bond motifs is 1. The first kappa shape index (κ1) is 25.5. The summed E-state index contributed by atoms with van der Waals surface area (Å²) < 4.78 is 34.3. The van der Waals surface area contributed by atoms with Crippen LogP contribution in [0.4, 0.5) is 0 Å². The summed E-state index contributed by atoms with van der Waals surface area (Å²) in [6.07, 6.45) is 13.1. The van der Waals surface area contributed by atoms with Crippen LogP contribution in [-0.4, -0.2) is 54.9 Å². The average molecular weight is 524 g/mol. The van der Waals surface area contributed by atoms with Crippen molar-refractivity contribution in [1.82, 2.24) is 14.2 Å². The fourth-order valence-electron chi connectivity index (χ4n) is 5.54. The van der Waals surface area contributed by atoms with Gasteiger partial charge in [0.25, 0.3) is 0 Å². The lowest BCUT2D eigenvalue weighted by Gasteiger charge is -2.23. The first-order valence-electron chi connectivity index (χ1n) is 12.9. The molecule has 2 bridgehead atoms. The maximum Gasteiger partial charge on any atom is 0.239 e. The lowest BCUT2D eigenvalue weighted by Crippen LogP contribution is -2.32. The van der Waals surface area contributed by atoms with Crippen LogP contribution in [0.3, 0.4) is 0 Å². The molecule has 196 valence electrons. The lowest BCUT2D eigenvalue weighted by atomic mass is 9.82. The number of furan rings is 1. The molecule has 5 rings (SSSR count). The lowest BCUT2D eigenvalue weighted by molar-refractivity contribution is -0.121. The number of sulfonamides is 1. The molecular formula is C28H33N3O5S. The summed E-state index contributed by atoms with van der Waals surface area (Å²) in [6, 6.07) is 7.30. The van der Waals surface area contributed by atoms with Gasteiger partial charge >= 0.3 is 0 Å². The molecule has 1 amide bonds. The molecule has 3 heterocycles. The summed E-state index contributed by atoms with van der Waals surface area (Å²) in [4.78, 5) is 26.3. The number of nitrogens with zero attached hydrogens (tertiary/aromatic N) is 2. The van der Waals surface area contributed by atoms with Gasteiger partial charge in [-0.1, -0.05) is 43.5 Å². The Bertz CT molecular complexity index is 1430. The van der Waals surface area contributed by atoms with Crippen LogP contribution in [0.5, 0.6) is 0 Å². The van der Waals surface area contributed by atoms with Crippen LogP contribution in [0.25, 0.3) is 22.2 Å². The van der Waals surface area contributed by atoms with Crippen LogP contribution in [0.2, 0.25) is 0 Å². The van der Waals surface area contributed by atoms with Gasteiger partial charge in [0.1, 0.15) is 12.3 Å². The molecule has 1 aliphatic carbocycles. The van der Waals surface area contributed by atoms with Crippen molar-refractivity contribution < 1.29 is 22.4 Å². The monoisotopic (exact) mass is 523 g/mol. The van der Waals surface area contributed by atoms with E-state index in [0.29, 0.717) is 24.4 Å². The number of hydrogen-bond donors (Lipinski definition) is 1. The topological polar surface area (TPSA) is 102 Å². The molecule has 9 heteroatoms. The number of benzene rings is 1. The van der Waals surface area contributed by atoms with Gasteiger partial charge in [-0.15, -0.1) is 0 Å². The van der Waals surface area contributed by atoms with E-state index < -0.39 is 21.6 Å². The third-order valence-corrected chi connectivity index (χ3v) is 9.21. The van der Waals surface area contributed by atoms with Crippen molar-refractivity contribution in [3.63, 3.8) is 0 Å². The molecule has 0 atom stereocenters. The van der Waals surface area contributed by atoms with Crippen LogP contribution in [0, 0.1) is 0 Å². The molecule has 1 aliphatic heterocycles. The number of rotatable bonds is 2. The highest BCUT2D eigenvalue weighted by molar-refractivity contribution is 7.89. The fourth-order valence-corrected chi connectivity index (χ4v) is 6.57. The zero-order valence-corrected chi connectivity index (χ0v) is 21.9. The number of hydrogen-bond acceptors (Lipinski definition) is 5. The van der Waals surface area contributed by atoms with Crippen LogP contribution >= 0.6 is 0 Å². The van der Waals surface area contributed by atoms with Gasteiger partial charge in [0.15, 0.2) is 5.78 Å². The second kappa shape index (κ2) is 10.7. The SMILES string of the molecule is CN1C/C=C\CCNC(=O)Cn2c(-c3ccoc3)c(C3CCCCC3)c3ccc(cc32)C(=O)CS1(=O)=O. The standard InChI is InChI=1S/C28H33N3O5S/c1-30-14-7-3-6-13-29-26(33)17-31-24-16-21(25(32)19-37(30,34)35)10-11-23(24)27(20-8-4-2-5-9-20)28(31)22-12-15-36-18-22/h3,7,10-12,15-16,18,20H,2,4-6,8-9,13-14,17,19H2,1H3,(H,29,33)/b7-3-. The summed E-state index contributed by atoms with van der Waals surface area (Å²) in [5.74, 6) is -0.853. The number of Topliss-reactive ketones (excluding diaryl/α,β-unsaturated/α-hetero) is 1. The summed E-state index contributed by atoms with van der Waals surface area (Å²) in [7, 11) is -2.30. The van der Waals surface area contributed by atoms with Gasteiger partial charge in [-0.2, -0.15) is 0 Å². The molecule has 0 unspecified atom stereocenters. The van der Waals surface area contributed by atoms with Gasteiger partial charge in [0, 0.05) is 42.2 Å². The Balaban J connectivity index is 1.69. The molecule has 2 aliphatic rings. The van der Waals surface area contributed by atoms with Gasteiger partial charge in [0.2, 0.25) is 15.9 Å². The van der Waals surface area contributed by atoms with Crippen LogP contribution in [0.1, 0.15) is 60.4 Å². The molecule has 37 heavy (non-hydrogen) atoms. The van der Waals surface area contributed by atoms with Crippen LogP contribution in [0.15, 0.2) is 53.4 Å². The number of amides is 1. The van der Waals surface area contributed by atoms with Crippen LogP contribution < -0.4 is 5.32 Å². The molecule has 0 saturated heterocycles. The molecule has 8 nitrogen and oxygen atoms in total. The Morgan fingerprint density at radius 1 is 1.03 bits per heavy atom. The maximum atomic E-state index is 13.2. The van der Waals surface area contributed by atoms with E-state index in [0.717, 1.165) is 47.8 Å². The van der Waals surface area contributed by atoms with E-state index in [2.05, 4.69) is 5.32 Å². The van der Waals surface area contributed by atoms with Crippen molar-refractivity contribution in [1.29, 1.82) is 0 Å². The smallest absolute Gasteiger partial charge is 0.239 e. The van der Waals surface area contributed by atoms with E-state index in [9.17, 15) is 18.0 Å². The van der Waals surface area contributed by atoms with Gasteiger partial charge in [-0.25, -0.2) is 12.7 Å². The Hall–Kier alpha value is -3.17. The van der Waals surface area contributed by atoms with Gasteiger partial charge < -0.3 is 14.3 Å². The zero-order chi connectivity index (χ0) is 26.0. The number of likely N-dealkylation sites (N-methyl/N-ethyl adjacent to an activating group) is 1. The van der Waals surface area contributed by atoms with Crippen molar-refractivity contribution in [3.05, 3.63) is 60.1 Å². The molecule has 1 aromatic carbocycles. The van der Waals surface area contributed by atoms with E-state index in [1.807, 2.05) is 22.8 Å². The number of aromatic nitrogens is 1. The molecule has 1 fully saturated rings. The first-order valence-corrected chi connectivity index (χ1v) is 14.5. The Kier molecular flexibility index (Phi) is 7.35.